The van der Waals surface area contributed by atoms with Gasteiger partial charge in [0.05, 0.1) is 17.6 Å². The Morgan fingerprint density at radius 3 is 2.62 bits per heavy atom. The van der Waals surface area contributed by atoms with Crippen LogP contribution in [-0.4, -0.2) is 47.8 Å². The Labute approximate surface area is 97.6 Å². The summed E-state index contributed by atoms with van der Waals surface area (Å²) in [5.74, 6) is -0.722. The molecule has 1 heterocycles. The van der Waals surface area contributed by atoms with Crippen LogP contribution in [0, 0.1) is 5.41 Å². The number of morpholine rings is 1. The molecule has 0 saturated carbocycles. The van der Waals surface area contributed by atoms with Gasteiger partial charge in [-0.1, -0.05) is 0 Å². The molecule has 0 aromatic carbocycles. The average molecular weight is 229 g/mol. The molecule has 1 saturated heterocycles. The van der Waals surface area contributed by atoms with Gasteiger partial charge in [-0.05, 0) is 40.7 Å². The molecular formula is C12H23NO3. The molecular weight excluding hydrogens is 206 g/mol. The zero-order valence-corrected chi connectivity index (χ0v) is 10.7. The first kappa shape index (κ1) is 13.5. The Hall–Kier alpha value is -0.610. The highest BCUT2D eigenvalue weighted by Gasteiger charge is 2.31. The Morgan fingerprint density at radius 1 is 1.50 bits per heavy atom. The van der Waals surface area contributed by atoms with Gasteiger partial charge in [-0.3, -0.25) is 9.69 Å². The number of ether oxygens (including phenoxy) is 1. The predicted octanol–water partition coefficient (Wildman–Crippen LogP) is 1.60. The van der Waals surface area contributed by atoms with E-state index < -0.39 is 11.4 Å². The Kier molecular flexibility index (Phi) is 3.97. The normalized spacial score (nSPS) is 22.0. The van der Waals surface area contributed by atoms with Crippen molar-refractivity contribution < 1.29 is 14.6 Å². The number of hydrogen-bond donors (Lipinski definition) is 1. The quantitative estimate of drug-likeness (QED) is 0.795. The van der Waals surface area contributed by atoms with Crippen LogP contribution in [0.25, 0.3) is 0 Å². The summed E-state index contributed by atoms with van der Waals surface area (Å²) in [6.45, 7) is 11.0. The van der Waals surface area contributed by atoms with Crippen molar-refractivity contribution in [2.24, 2.45) is 5.41 Å². The number of aliphatic carboxylic acids is 1. The molecule has 4 heteroatoms. The smallest absolute Gasteiger partial charge is 0.309 e. The van der Waals surface area contributed by atoms with E-state index in [0.29, 0.717) is 6.42 Å². The largest absolute Gasteiger partial charge is 0.481 e. The average Bonchev–Trinajstić information content (AvgIpc) is 2.13. The van der Waals surface area contributed by atoms with Gasteiger partial charge < -0.3 is 9.84 Å². The van der Waals surface area contributed by atoms with Gasteiger partial charge in [0.25, 0.3) is 0 Å². The van der Waals surface area contributed by atoms with Crippen LogP contribution in [0.4, 0.5) is 0 Å². The third kappa shape index (κ3) is 3.76. The second-order valence-corrected chi connectivity index (χ2v) is 5.82. The van der Waals surface area contributed by atoms with Gasteiger partial charge in [0.1, 0.15) is 0 Å². The number of carboxylic acids is 1. The second-order valence-electron chi connectivity index (χ2n) is 5.82. The molecule has 0 aromatic rings. The van der Waals surface area contributed by atoms with Gasteiger partial charge in [-0.25, -0.2) is 0 Å². The lowest BCUT2D eigenvalue weighted by Crippen LogP contribution is -2.49. The van der Waals surface area contributed by atoms with E-state index in [-0.39, 0.29) is 5.60 Å². The zero-order valence-electron chi connectivity index (χ0n) is 10.7. The summed E-state index contributed by atoms with van der Waals surface area (Å²) >= 11 is 0. The maximum Gasteiger partial charge on any atom is 0.309 e. The Bertz CT molecular complexity index is 261. The van der Waals surface area contributed by atoms with Crippen molar-refractivity contribution in [3.05, 3.63) is 0 Å². The summed E-state index contributed by atoms with van der Waals surface area (Å²) in [6.07, 6.45) is 0.679. The van der Waals surface area contributed by atoms with E-state index in [0.717, 1.165) is 26.2 Å². The number of nitrogens with zero attached hydrogens (tertiary/aromatic N) is 1. The molecule has 1 N–H and O–H groups in total. The summed E-state index contributed by atoms with van der Waals surface area (Å²) in [5.41, 5.74) is -0.742. The van der Waals surface area contributed by atoms with Crippen molar-refractivity contribution in [2.75, 3.05) is 26.2 Å². The van der Waals surface area contributed by atoms with Crippen LogP contribution in [-0.2, 0) is 9.53 Å². The van der Waals surface area contributed by atoms with Crippen LogP contribution in [0.5, 0.6) is 0 Å². The summed E-state index contributed by atoms with van der Waals surface area (Å²) in [4.78, 5) is 13.3. The molecule has 1 fully saturated rings. The molecule has 1 rings (SSSR count). The first-order valence-electron chi connectivity index (χ1n) is 5.83. The fourth-order valence-electron chi connectivity index (χ4n) is 1.85. The minimum absolute atomic E-state index is 0.106. The molecule has 0 spiro atoms. The highest BCUT2D eigenvalue weighted by Crippen LogP contribution is 2.23. The third-order valence-corrected chi connectivity index (χ3v) is 3.14. The first-order valence-corrected chi connectivity index (χ1v) is 5.83. The van der Waals surface area contributed by atoms with Gasteiger partial charge >= 0.3 is 5.97 Å². The number of carbonyl (C=O) groups is 1. The molecule has 0 atom stereocenters. The fourth-order valence-corrected chi connectivity index (χ4v) is 1.85. The Morgan fingerprint density at radius 2 is 2.12 bits per heavy atom. The molecule has 1 aliphatic heterocycles. The van der Waals surface area contributed by atoms with Gasteiger partial charge in [0.15, 0.2) is 0 Å². The van der Waals surface area contributed by atoms with Crippen molar-refractivity contribution >= 4 is 5.97 Å². The molecule has 16 heavy (non-hydrogen) atoms. The van der Waals surface area contributed by atoms with Crippen LogP contribution in [0.2, 0.25) is 0 Å². The van der Waals surface area contributed by atoms with E-state index in [9.17, 15) is 4.79 Å². The van der Waals surface area contributed by atoms with E-state index in [1.165, 1.54) is 0 Å². The molecule has 0 unspecified atom stereocenters. The van der Waals surface area contributed by atoms with Crippen LogP contribution < -0.4 is 0 Å². The lowest BCUT2D eigenvalue weighted by atomic mass is 9.89. The molecule has 0 bridgehead atoms. The summed E-state index contributed by atoms with van der Waals surface area (Å²) in [7, 11) is 0. The third-order valence-electron chi connectivity index (χ3n) is 3.14. The van der Waals surface area contributed by atoms with E-state index in [1.807, 2.05) is 0 Å². The highest BCUT2D eigenvalue weighted by molar-refractivity contribution is 5.73. The summed E-state index contributed by atoms with van der Waals surface area (Å²) in [5, 5.41) is 9.03. The molecule has 0 amide bonds. The predicted molar refractivity (Wildman–Crippen MR) is 62.5 cm³/mol. The van der Waals surface area contributed by atoms with Crippen LogP contribution in [0.3, 0.4) is 0 Å². The molecule has 94 valence electrons. The standard InChI is InChI=1S/C12H23NO3/c1-11(2,10(14)15)5-6-13-7-8-16-12(3,4)9-13/h5-9H2,1-4H3,(H,14,15). The lowest BCUT2D eigenvalue weighted by Gasteiger charge is -2.39. The number of carboxylic acid groups (broad SMARTS) is 1. The Balaban J connectivity index is 2.41. The van der Waals surface area contributed by atoms with Crippen molar-refractivity contribution in [3.8, 4) is 0 Å². The van der Waals surface area contributed by atoms with Crippen LogP contribution >= 0.6 is 0 Å². The van der Waals surface area contributed by atoms with E-state index in [1.54, 1.807) is 13.8 Å². The summed E-state index contributed by atoms with van der Waals surface area (Å²) in [6, 6.07) is 0. The van der Waals surface area contributed by atoms with Crippen molar-refractivity contribution in [2.45, 2.75) is 39.7 Å². The van der Waals surface area contributed by atoms with Gasteiger partial charge in [-0.15, -0.1) is 0 Å². The molecule has 0 aliphatic carbocycles. The van der Waals surface area contributed by atoms with Crippen molar-refractivity contribution in [1.29, 1.82) is 0 Å². The number of rotatable bonds is 4. The summed E-state index contributed by atoms with van der Waals surface area (Å²) < 4.78 is 5.62. The second kappa shape index (κ2) is 4.72. The zero-order chi connectivity index (χ0) is 12.4. The van der Waals surface area contributed by atoms with Crippen LogP contribution in [0.1, 0.15) is 34.1 Å². The molecule has 0 aromatic heterocycles. The van der Waals surface area contributed by atoms with E-state index in [4.69, 9.17) is 9.84 Å². The first-order chi connectivity index (χ1) is 7.23. The van der Waals surface area contributed by atoms with Gasteiger partial charge in [-0.2, -0.15) is 0 Å². The van der Waals surface area contributed by atoms with Gasteiger partial charge in [0, 0.05) is 13.1 Å². The van der Waals surface area contributed by atoms with Crippen molar-refractivity contribution in [1.82, 2.24) is 4.90 Å². The van der Waals surface area contributed by atoms with Gasteiger partial charge in [0.2, 0.25) is 0 Å². The SMILES string of the molecule is CC1(C)CN(CCC(C)(C)C(=O)O)CCO1. The number of hydrogen-bond acceptors (Lipinski definition) is 3. The van der Waals surface area contributed by atoms with E-state index >= 15 is 0 Å². The maximum absolute atomic E-state index is 11.0. The maximum atomic E-state index is 11.0. The fraction of sp³-hybridized carbons (Fsp3) is 0.917. The van der Waals surface area contributed by atoms with E-state index in [2.05, 4.69) is 18.7 Å². The monoisotopic (exact) mass is 229 g/mol. The molecule has 0 radical (unpaired) electrons. The lowest BCUT2D eigenvalue weighted by molar-refractivity contribution is -0.147. The minimum Gasteiger partial charge on any atom is -0.481 e. The molecule has 1 aliphatic rings. The topological polar surface area (TPSA) is 49.8 Å². The minimum atomic E-state index is -0.722. The van der Waals surface area contributed by atoms with Crippen LogP contribution in [0.15, 0.2) is 0 Å². The van der Waals surface area contributed by atoms with Crippen molar-refractivity contribution in [3.63, 3.8) is 0 Å². The molecule has 4 nitrogen and oxygen atoms in total. The highest BCUT2D eigenvalue weighted by atomic mass is 16.5.